The predicted molar refractivity (Wildman–Crippen MR) is 61.7 cm³/mol. The van der Waals surface area contributed by atoms with Crippen molar-refractivity contribution in [1.29, 1.82) is 0 Å². The smallest absolute Gasteiger partial charge is 0.391 e. The summed E-state index contributed by atoms with van der Waals surface area (Å²) >= 11 is 0. The van der Waals surface area contributed by atoms with E-state index in [9.17, 15) is 22.7 Å². The van der Waals surface area contributed by atoms with Gasteiger partial charge in [0, 0.05) is 5.56 Å². The number of aliphatic hydroxyl groups is 1. The van der Waals surface area contributed by atoms with Crippen LogP contribution in [-0.2, 0) is 6.18 Å². The Hall–Kier alpha value is -1.14. The molecule has 1 aliphatic carbocycles. The highest BCUT2D eigenvalue weighted by molar-refractivity contribution is 5.30. The van der Waals surface area contributed by atoms with Crippen molar-refractivity contribution in [2.24, 2.45) is 11.7 Å². The number of hydrogen-bond donors (Lipinski definition) is 2. The third kappa shape index (κ3) is 2.90. The maximum atomic E-state index is 13.6. The van der Waals surface area contributed by atoms with Gasteiger partial charge in [0.25, 0.3) is 0 Å². The molecule has 1 aromatic carbocycles. The minimum Gasteiger partial charge on any atom is -0.391 e. The summed E-state index contributed by atoms with van der Waals surface area (Å²) in [4.78, 5) is 0. The van der Waals surface area contributed by atoms with E-state index in [0.717, 1.165) is 25.3 Å². The molecular weight excluding hydrogens is 262 g/mol. The van der Waals surface area contributed by atoms with Gasteiger partial charge >= 0.3 is 6.18 Å². The summed E-state index contributed by atoms with van der Waals surface area (Å²) in [6, 6.07) is 0.960. The zero-order valence-electron chi connectivity index (χ0n) is 10.1. The SMILES string of the molecule is N[C@@H](c1cc(C(F)(F)F)ccc1F)[C@H](O)C1CCC1. The Balaban J connectivity index is 2.27. The Morgan fingerprint density at radius 3 is 2.37 bits per heavy atom. The molecule has 0 aromatic heterocycles. The maximum absolute atomic E-state index is 13.6. The molecule has 2 rings (SSSR count). The lowest BCUT2D eigenvalue weighted by molar-refractivity contribution is -0.137. The number of alkyl halides is 3. The molecule has 0 heterocycles. The largest absolute Gasteiger partial charge is 0.416 e. The first-order valence-corrected chi connectivity index (χ1v) is 6.11. The van der Waals surface area contributed by atoms with Crippen LogP contribution in [0.15, 0.2) is 18.2 Å². The van der Waals surface area contributed by atoms with Crippen LogP contribution in [0, 0.1) is 11.7 Å². The Morgan fingerprint density at radius 1 is 1.26 bits per heavy atom. The Labute approximate surface area is 108 Å². The summed E-state index contributed by atoms with van der Waals surface area (Å²) in [6.45, 7) is 0. The highest BCUT2D eigenvalue weighted by Gasteiger charge is 2.35. The second-order valence-electron chi connectivity index (χ2n) is 4.94. The van der Waals surface area contributed by atoms with Crippen LogP contribution < -0.4 is 5.73 Å². The first kappa shape index (κ1) is 14.3. The fourth-order valence-corrected chi connectivity index (χ4v) is 2.23. The monoisotopic (exact) mass is 277 g/mol. The van der Waals surface area contributed by atoms with E-state index in [0.29, 0.717) is 12.1 Å². The molecule has 0 radical (unpaired) electrons. The Kier molecular flexibility index (Phi) is 3.82. The summed E-state index contributed by atoms with van der Waals surface area (Å²) in [6.07, 6.45) is -3.06. The second-order valence-corrected chi connectivity index (χ2v) is 4.94. The average molecular weight is 277 g/mol. The summed E-state index contributed by atoms with van der Waals surface area (Å²) in [5, 5.41) is 9.94. The van der Waals surface area contributed by atoms with Gasteiger partial charge in [0.05, 0.1) is 17.7 Å². The fourth-order valence-electron chi connectivity index (χ4n) is 2.23. The van der Waals surface area contributed by atoms with Crippen LogP contribution in [0.3, 0.4) is 0 Å². The standard InChI is InChI=1S/C13H15F4NO/c14-10-5-4-8(13(15,16)17)6-9(10)11(18)12(19)7-2-1-3-7/h4-7,11-12,19H,1-3,18H2/t11-,12+/m0/s1. The predicted octanol–water partition coefficient (Wildman–Crippen LogP) is 3.01. The van der Waals surface area contributed by atoms with Crippen LogP contribution in [0.2, 0.25) is 0 Å². The van der Waals surface area contributed by atoms with Gasteiger partial charge in [-0.2, -0.15) is 13.2 Å². The average Bonchev–Trinajstić information content (AvgIpc) is 2.24. The molecule has 1 aliphatic rings. The van der Waals surface area contributed by atoms with Gasteiger partial charge in [-0.15, -0.1) is 0 Å². The van der Waals surface area contributed by atoms with Crippen LogP contribution >= 0.6 is 0 Å². The minimum absolute atomic E-state index is 0.0519. The molecule has 2 atom stereocenters. The molecule has 0 aliphatic heterocycles. The maximum Gasteiger partial charge on any atom is 0.416 e. The second kappa shape index (κ2) is 5.09. The molecular formula is C13H15F4NO. The van der Waals surface area contributed by atoms with Gasteiger partial charge in [0.2, 0.25) is 0 Å². The minimum atomic E-state index is -4.55. The summed E-state index contributed by atoms with van der Waals surface area (Å²) in [7, 11) is 0. The van der Waals surface area contributed by atoms with Crippen LogP contribution in [0.1, 0.15) is 36.4 Å². The van der Waals surface area contributed by atoms with Crippen molar-refractivity contribution >= 4 is 0 Å². The van der Waals surface area contributed by atoms with E-state index in [2.05, 4.69) is 0 Å². The van der Waals surface area contributed by atoms with Crippen molar-refractivity contribution in [3.05, 3.63) is 35.1 Å². The fraction of sp³-hybridized carbons (Fsp3) is 0.538. The van der Waals surface area contributed by atoms with Crippen molar-refractivity contribution < 1.29 is 22.7 Å². The summed E-state index contributed by atoms with van der Waals surface area (Å²) < 4.78 is 51.3. The van der Waals surface area contributed by atoms with Crippen LogP contribution in [-0.4, -0.2) is 11.2 Å². The van der Waals surface area contributed by atoms with Crippen LogP contribution in [0.4, 0.5) is 17.6 Å². The number of halogens is 4. The van der Waals surface area contributed by atoms with Gasteiger partial charge in [0.1, 0.15) is 5.82 Å². The molecule has 0 unspecified atom stereocenters. The molecule has 6 heteroatoms. The van der Waals surface area contributed by atoms with E-state index in [1.165, 1.54) is 0 Å². The summed E-state index contributed by atoms with van der Waals surface area (Å²) in [5.41, 5.74) is 4.46. The molecule has 1 aromatic rings. The third-order valence-electron chi connectivity index (χ3n) is 3.68. The lowest BCUT2D eigenvalue weighted by Gasteiger charge is -2.34. The zero-order valence-corrected chi connectivity index (χ0v) is 10.1. The molecule has 106 valence electrons. The van der Waals surface area contributed by atoms with Crippen molar-refractivity contribution in [2.75, 3.05) is 0 Å². The quantitative estimate of drug-likeness (QED) is 0.834. The molecule has 2 nitrogen and oxygen atoms in total. The third-order valence-corrected chi connectivity index (χ3v) is 3.68. The molecule has 1 saturated carbocycles. The van der Waals surface area contributed by atoms with Crippen molar-refractivity contribution in [3.8, 4) is 0 Å². The number of benzene rings is 1. The normalized spacial score (nSPS) is 19.9. The van der Waals surface area contributed by atoms with Gasteiger partial charge < -0.3 is 10.8 Å². The first-order valence-electron chi connectivity index (χ1n) is 6.11. The number of rotatable bonds is 3. The van der Waals surface area contributed by atoms with Crippen LogP contribution in [0.25, 0.3) is 0 Å². The topological polar surface area (TPSA) is 46.2 Å². The van der Waals surface area contributed by atoms with Gasteiger partial charge in [-0.05, 0) is 37.0 Å². The van der Waals surface area contributed by atoms with E-state index in [1.54, 1.807) is 0 Å². The first-order chi connectivity index (χ1) is 8.80. The van der Waals surface area contributed by atoms with E-state index in [-0.39, 0.29) is 11.5 Å². The molecule has 0 amide bonds. The molecule has 0 bridgehead atoms. The Bertz CT molecular complexity index is 456. The van der Waals surface area contributed by atoms with Gasteiger partial charge in [-0.1, -0.05) is 6.42 Å². The molecule has 0 spiro atoms. The van der Waals surface area contributed by atoms with Gasteiger partial charge in [-0.25, -0.2) is 4.39 Å². The zero-order chi connectivity index (χ0) is 14.2. The lowest BCUT2D eigenvalue weighted by atomic mass is 9.77. The number of aliphatic hydroxyl groups excluding tert-OH is 1. The number of hydrogen-bond acceptors (Lipinski definition) is 2. The van der Waals surface area contributed by atoms with Crippen LogP contribution in [0.5, 0.6) is 0 Å². The molecule has 1 fully saturated rings. The lowest BCUT2D eigenvalue weighted by Crippen LogP contribution is -2.37. The van der Waals surface area contributed by atoms with E-state index >= 15 is 0 Å². The van der Waals surface area contributed by atoms with E-state index in [4.69, 9.17) is 5.73 Å². The van der Waals surface area contributed by atoms with Crippen molar-refractivity contribution in [3.63, 3.8) is 0 Å². The van der Waals surface area contributed by atoms with E-state index in [1.807, 2.05) is 0 Å². The highest BCUT2D eigenvalue weighted by Crippen LogP contribution is 2.36. The van der Waals surface area contributed by atoms with E-state index < -0.39 is 29.7 Å². The van der Waals surface area contributed by atoms with Crippen molar-refractivity contribution in [2.45, 2.75) is 37.6 Å². The summed E-state index contributed by atoms with van der Waals surface area (Å²) in [5.74, 6) is -0.872. The highest BCUT2D eigenvalue weighted by atomic mass is 19.4. The molecule has 3 N–H and O–H groups in total. The number of nitrogens with two attached hydrogens (primary N) is 1. The van der Waals surface area contributed by atoms with Gasteiger partial charge in [0.15, 0.2) is 0 Å². The molecule has 0 saturated heterocycles. The van der Waals surface area contributed by atoms with Gasteiger partial charge in [-0.3, -0.25) is 0 Å². The van der Waals surface area contributed by atoms with Crippen molar-refractivity contribution in [1.82, 2.24) is 0 Å². The molecule has 19 heavy (non-hydrogen) atoms. The Morgan fingerprint density at radius 2 is 1.89 bits per heavy atom.